The number of nitrogens with one attached hydrogen (secondary N) is 2. The fourth-order valence-electron chi connectivity index (χ4n) is 4.56. The van der Waals surface area contributed by atoms with Gasteiger partial charge in [-0.15, -0.1) is 0 Å². The van der Waals surface area contributed by atoms with Gasteiger partial charge in [0.2, 0.25) is 0 Å². The number of likely N-dealkylation sites (tertiary alicyclic amines) is 1. The molecule has 3 aromatic rings. The molecule has 1 aliphatic heterocycles. The van der Waals surface area contributed by atoms with E-state index in [0.717, 1.165) is 12.8 Å². The Morgan fingerprint density at radius 3 is 2.61 bits per heavy atom. The van der Waals surface area contributed by atoms with Gasteiger partial charge in [-0.2, -0.15) is 0 Å². The van der Waals surface area contributed by atoms with Gasteiger partial charge in [0, 0.05) is 36.5 Å². The molecule has 2 amide bonds. The normalized spacial score (nSPS) is 16.2. The van der Waals surface area contributed by atoms with Gasteiger partial charge in [0.15, 0.2) is 11.6 Å². The van der Waals surface area contributed by atoms with E-state index in [9.17, 15) is 14.0 Å². The average Bonchev–Trinajstić information content (AvgIpc) is 3.62. The Kier molecular flexibility index (Phi) is 6.38. The molecule has 36 heavy (non-hydrogen) atoms. The number of aryl methyl sites for hydroxylation is 1. The number of rotatable bonds is 7. The van der Waals surface area contributed by atoms with Crippen LogP contribution in [-0.4, -0.2) is 69.8 Å². The summed E-state index contributed by atoms with van der Waals surface area (Å²) in [5.41, 5.74) is 2.99. The molecule has 1 aromatic carbocycles. The van der Waals surface area contributed by atoms with Crippen LogP contribution in [0.15, 0.2) is 18.5 Å². The van der Waals surface area contributed by atoms with Gasteiger partial charge in [-0.1, -0.05) is 0 Å². The number of methoxy groups -OCH3 is 1. The minimum Gasteiger partial charge on any atom is -0.494 e. The summed E-state index contributed by atoms with van der Waals surface area (Å²) in [7, 11) is 1.39. The van der Waals surface area contributed by atoms with Crippen LogP contribution in [0, 0.1) is 18.7 Å². The molecule has 5 rings (SSSR count). The molecule has 190 valence electrons. The van der Waals surface area contributed by atoms with Crippen LogP contribution in [0.1, 0.15) is 41.7 Å². The largest absolute Gasteiger partial charge is 0.494 e. The predicted octanol–water partition coefficient (Wildman–Crippen LogP) is 3.74. The Balaban J connectivity index is 1.47. The summed E-state index contributed by atoms with van der Waals surface area (Å²) < 4.78 is 25.7. The zero-order valence-corrected chi connectivity index (χ0v) is 20.1. The molecule has 2 aromatic heterocycles. The van der Waals surface area contributed by atoms with Gasteiger partial charge in [-0.3, -0.25) is 4.79 Å². The number of hydrogen-bond acceptors (Lipinski definition) is 6. The fourth-order valence-corrected chi connectivity index (χ4v) is 4.56. The van der Waals surface area contributed by atoms with Crippen molar-refractivity contribution in [1.82, 2.24) is 25.2 Å². The number of carboxylic acid groups (broad SMARTS) is 1. The van der Waals surface area contributed by atoms with Crippen molar-refractivity contribution in [2.75, 3.05) is 26.8 Å². The first-order chi connectivity index (χ1) is 17.4. The molecule has 2 aliphatic rings. The van der Waals surface area contributed by atoms with Crippen LogP contribution in [0.5, 0.6) is 11.5 Å². The number of carbonyl (C=O) groups is 2. The number of benzene rings is 1. The van der Waals surface area contributed by atoms with E-state index < -0.39 is 11.9 Å². The molecular weight excluding hydrogens is 469 g/mol. The van der Waals surface area contributed by atoms with E-state index in [4.69, 9.17) is 14.6 Å². The third-order valence-electron chi connectivity index (χ3n) is 6.78. The van der Waals surface area contributed by atoms with Gasteiger partial charge in [0.05, 0.1) is 24.8 Å². The Bertz CT molecular complexity index is 1310. The monoisotopic (exact) mass is 497 g/mol. The number of nitrogens with zero attached hydrogens (tertiary/aromatic N) is 3. The molecule has 0 bridgehead atoms. The number of aromatic nitrogens is 3. The van der Waals surface area contributed by atoms with E-state index in [2.05, 4.69) is 20.3 Å². The maximum absolute atomic E-state index is 14.5. The first-order valence-electron chi connectivity index (χ1n) is 12.0. The molecule has 10 nitrogen and oxygen atoms in total. The number of H-pyrrole nitrogens is 1. The molecular formula is C25H28FN5O5. The van der Waals surface area contributed by atoms with Crippen LogP contribution >= 0.6 is 0 Å². The lowest BCUT2D eigenvalue weighted by Gasteiger charge is -2.30. The Labute approximate surface area is 206 Å². The zero-order chi connectivity index (χ0) is 25.4. The number of carbonyl (C=O) groups excluding carboxylic acids is 1. The molecule has 0 spiro atoms. The predicted molar refractivity (Wildman–Crippen MR) is 129 cm³/mol. The first-order valence-corrected chi connectivity index (χ1v) is 12.0. The maximum Gasteiger partial charge on any atom is 0.407 e. The van der Waals surface area contributed by atoms with Gasteiger partial charge >= 0.3 is 6.09 Å². The number of hydrogen-bond donors (Lipinski definition) is 3. The highest BCUT2D eigenvalue weighted by Crippen LogP contribution is 2.39. The van der Waals surface area contributed by atoms with Crippen molar-refractivity contribution in [3.8, 4) is 22.8 Å². The standard InChI is InChI=1S/C25H28FN5O5/c1-13-20(24(32)30-15-5-7-31(8-6-15)25(33)34)22-23(29-13)21(27-12-28-22)16-9-19(35-2)17(26)10-18(16)36-11-14-3-4-14/h9-10,12,14-15,29H,3-8,11H2,1-2H3,(H,30,32)(H,33,34). The smallest absolute Gasteiger partial charge is 0.407 e. The van der Waals surface area contributed by atoms with Gasteiger partial charge in [-0.05, 0) is 44.6 Å². The molecule has 2 fully saturated rings. The second-order valence-corrected chi connectivity index (χ2v) is 9.33. The summed E-state index contributed by atoms with van der Waals surface area (Å²) in [6, 6.07) is 2.71. The third-order valence-corrected chi connectivity index (χ3v) is 6.78. The number of halogens is 1. The Hall–Kier alpha value is -3.89. The van der Waals surface area contributed by atoms with Crippen LogP contribution in [-0.2, 0) is 0 Å². The molecule has 11 heteroatoms. The molecule has 1 aliphatic carbocycles. The molecule has 1 saturated carbocycles. The molecule has 0 atom stereocenters. The number of fused-ring (bicyclic) bond motifs is 1. The van der Waals surface area contributed by atoms with Crippen LogP contribution in [0.25, 0.3) is 22.3 Å². The summed E-state index contributed by atoms with van der Waals surface area (Å²) >= 11 is 0. The van der Waals surface area contributed by atoms with Crippen molar-refractivity contribution in [3.05, 3.63) is 35.5 Å². The first kappa shape index (κ1) is 23.8. The van der Waals surface area contributed by atoms with E-state index in [1.54, 1.807) is 13.0 Å². The quantitative estimate of drug-likeness (QED) is 0.453. The highest BCUT2D eigenvalue weighted by Gasteiger charge is 2.28. The second kappa shape index (κ2) is 9.63. The van der Waals surface area contributed by atoms with E-state index in [1.807, 2.05) is 0 Å². The second-order valence-electron chi connectivity index (χ2n) is 9.33. The summed E-state index contributed by atoms with van der Waals surface area (Å²) in [6.45, 7) is 3.01. The van der Waals surface area contributed by atoms with Crippen molar-refractivity contribution in [3.63, 3.8) is 0 Å². The van der Waals surface area contributed by atoms with E-state index in [1.165, 1.54) is 24.4 Å². The summed E-state index contributed by atoms with van der Waals surface area (Å²) in [6.07, 6.45) is 3.68. The highest BCUT2D eigenvalue weighted by molar-refractivity contribution is 6.09. The lowest BCUT2D eigenvalue weighted by Crippen LogP contribution is -2.46. The molecule has 3 N–H and O–H groups in total. The van der Waals surface area contributed by atoms with Gasteiger partial charge in [-0.25, -0.2) is 19.2 Å². The molecule has 3 heterocycles. The SMILES string of the molecule is COc1cc(-c2ncnc3c(C(=O)NC4CCN(C(=O)O)CC4)c(C)[nH]c23)c(OCC2CC2)cc1F. The van der Waals surface area contributed by atoms with Crippen molar-refractivity contribution in [2.45, 2.75) is 38.6 Å². The highest BCUT2D eigenvalue weighted by atomic mass is 19.1. The molecule has 0 radical (unpaired) electrons. The van der Waals surface area contributed by atoms with E-state index in [-0.39, 0.29) is 17.7 Å². The van der Waals surface area contributed by atoms with Crippen molar-refractivity contribution in [1.29, 1.82) is 0 Å². The molecule has 0 unspecified atom stereocenters. The van der Waals surface area contributed by atoms with Crippen LogP contribution in [0.3, 0.4) is 0 Å². The van der Waals surface area contributed by atoms with E-state index >= 15 is 0 Å². The van der Waals surface area contributed by atoms with Gasteiger partial charge in [0.1, 0.15) is 23.3 Å². The maximum atomic E-state index is 14.5. The van der Waals surface area contributed by atoms with Gasteiger partial charge in [0.25, 0.3) is 5.91 Å². The number of amides is 2. The minimum absolute atomic E-state index is 0.0597. The average molecular weight is 498 g/mol. The fraction of sp³-hybridized carbons (Fsp3) is 0.440. The van der Waals surface area contributed by atoms with Crippen LogP contribution in [0.2, 0.25) is 0 Å². The lowest BCUT2D eigenvalue weighted by molar-refractivity contribution is 0.0908. The molecule has 1 saturated heterocycles. The minimum atomic E-state index is -0.950. The summed E-state index contributed by atoms with van der Waals surface area (Å²) in [5.74, 6) is 0.0556. The van der Waals surface area contributed by atoms with Crippen LogP contribution < -0.4 is 14.8 Å². The van der Waals surface area contributed by atoms with Gasteiger partial charge < -0.3 is 29.8 Å². The van der Waals surface area contributed by atoms with Crippen molar-refractivity contribution >= 4 is 23.0 Å². The zero-order valence-electron chi connectivity index (χ0n) is 20.1. The van der Waals surface area contributed by atoms with Crippen molar-refractivity contribution in [2.24, 2.45) is 5.92 Å². The number of ether oxygens (including phenoxy) is 2. The number of aromatic amines is 1. The summed E-state index contributed by atoms with van der Waals surface area (Å²) in [5, 5.41) is 12.2. The van der Waals surface area contributed by atoms with Crippen LogP contribution in [0.4, 0.5) is 9.18 Å². The topological polar surface area (TPSA) is 130 Å². The third kappa shape index (κ3) is 4.65. The van der Waals surface area contributed by atoms with Crippen molar-refractivity contribution < 1.29 is 28.6 Å². The Morgan fingerprint density at radius 1 is 1.19 bits per heavy atom. The summed E-state index contributed by atoms with van der Waals surface area (Å²) in [4.78, 5) is 37.8. The Morgan fingerprint density at radius 2 is 1.94 bits per heavy atom. The lowest BCUT2D eigenvalue weighted by atomic mass is 10.0. The number of piperidine rings is 1. The van der Waals surface area contributed by atoms with E-state index in [0.29, 0.717) is 77.8 Å².